The molecule has 8 N–H and O–H groups in total. The van der Waals surface area contributed by atoms with Gasteiger partial charge in [0.2, 0.25) is 11.9 Å². The van der Waals surface area contributed by atoms with Gasteiger partial charge in [0.25, 0.3) is 0 Å². The number of nitrogens with two attached hydrogens (primary N) is 2. The van der Waals surface area contributed by atoms with Crippen LogP contribution in [0.1, 0.15) is 80.3 Å². The van der Waals surface area contributed by atoms with E-state index in [0.29, 0.717) is 93.7 Å². The number of halogens is 1. The average Bonchev–Trinajstić information content (AvgIpc) is 3.31. The molecule has 67 heavy (non-hydrogen) atoms. The van der Waals surface area contributed by atoms with Crippen molar-refractivity contribution in [2.24, 2.45) is 5.92 Å². The van der Waals surface area contributed by atoms with E-state index in [1.165, 1.54) is 0 Å². The number of alkyl carbamates (subject to hydrolysis) is 2. The zero-order valence-corrected chi connectivity index (χ0v) is 39.1. The Hall–Kier alpha value is -5.68. The molecule has 0 aliphatic heterocycles. The standard InChI is InChI=1S/C44H67ClN10O12/c1-55(31-34-30-51-40-38(52-34)39(46)53-42(47)54-40)35-12-9-32(10-13-35)36(56)29-33(41(58)59)11-14-37(57)48-16-6-4-7-17-49-43(60)66-27-25-64-23-24-65-26-28-67-44(61)50-18-20-63-22-21-62-19-8-3-2-5-15-45/h9-10,12-13,30,33H,2-8,11,14-29,31H2,1H3,(H,48,57)(H,49,60)(H,50,61)(H,58,59)(H4,46,47,51,53,54). The number of carbonyl (C=O) groups is 5. The number of rotatable bonds is 37. The summed E-state index contributed by atoms with van der Waals surface area (Å²) in [6, 6.07) is 6.76. The van der Waals surface area contributed by atoms with E-state index in [1.54, 1.807) is 30.5 Å². The summed E-state index contributed by atoms with van der Waals surface area (Å²) in [7, 11) is 1.84. The molecule has 2 heterocycles. The van der Waals surface area contributed by atoms with Gasteiger partial charge in [0.15, 0.2) is 22.8 Å². The number of aromatic nitrogens is 4. The van der Waals surface area contributed by atoms with E-state index < -0.39 is 24.1 Å². The number of carboxylic acid groups (broad SMARTS) is 1. The van der Waals surface area contributed by atoms with E-state index in [2.05, 4.69) is 35.9 Å². The lowest BCUT2D eigenvalue weighted by molar-refractivity contribution is -0.142. The molecule has 3 rings (SSSR count). The number of hydrogen-bond acceptors (Lipinski definition) is 18. The molecule has 0 saturated carbocycles. The minimum absolute atomic E-state index is 0.00862. The Bertz CT molecular complexity index is 1930. The molecule has 1 atom stereocenters. The van der Waals surface area contributed by atoms with Gasteiger partial charge in [-0.05, 0) is 62.8 Å². The second kappa shape index (κ2) is 33.7. The summed E-state index contributed by atoms with van der Waals surface area (Å²) in [5.74, 6) is -1.98. The minimum atomic E-state index is -1.15. The van der Waals surface area contributed by atoms with Gasteiger partial charge in [-0.25, -0.2) is 19.6 Å². The number of ether oxygens (including phenoxy) is 6. The molecule has 1 aromatic carbocycles. The van der Waals surface area contributed by atoms with Gasteiger partial charge >= 0.3 is 18.2 Å². The van der Waals surface area contributed by atoms with E-state index in [9.17, 15) is 29.1 Å². The van der Waals surface area contributed by atoms with Crippen molar-refractivity contribution in [1.29, 1.82) is 0 Å². The molecule has 0 bridgehead atoms. The second-order valence-corrected chi connectivity index (χ2v) is 15.6. The summed E-state index contributed by atoms with van der Waals surface area (Å²) in [5, 5.41) is 17.8. The SMILES string of the molecule is CN(Cc1cnc2nc(N)nc(N)c2n1)c1ccc(C(=O)CC(CCC(=O)NCCCCCNC(=O)OCCOCCOCCOC(=O)NCCOCCOCCCCCCCl)C(=O)O)cc1. The van der Waals surface area contributed by atoms with Gasteiger partial charge in [0.1, 0.15) is 13.2 Å². The third-order valence-electron chi connectivity index (χ3n) is 9.83. The maximum atomic E-state index is 13.0. The number of ketones is 1. The van der Waals surface area contributed by atoms with Crippen molar-refractivity contribution in [3.63, 3.8) is 0 Å². The molecule has 0 aliphatic rings. The van der Waals surface area contributed by atoms with Crippen LogP contribution in [0.3, 0.4) is 0 Å². The maximum Gasteiger partial charge on any atom is 0.407 e. The Labute approximate surface area is 395 Å². The molecule has 0 radical (unpaired) electrons. The fraction of sp³-hybridized carbons (Fsp3) is 0.614. The summed E-state index contributed by atoms with van der Waals surface area (Å²) >= 11 is 5.65. The second-order valence-electron chi connectivity index (χ2n) is 15.2. The summed E-state index contributed by atoms with van der Waals surface area (Å²) < 4.78 is 31.8. The highest BCUT2D eigenvalue weighted by atomic mass is 35.5. The van der Waals surface area contributed by atoms with Crippen LogP contribution in [-0.4, -0.2) is 154 Å². The molecular formula is C44H67ClN10O12. The molecule has 2 aromatic heterocycles. The zero-order chi connectivity index (χ0) is 48.5. The highest BCUT2D eigenvalue weighted by Crippen LogP contribution is 2.21. The quantitative estimate of drug-likeness (QED) is 0.0271. The lowest BCUT2D eigenvalue weighted by Gasteiger charge is -2.19. The van der Waals surface area contributed by atoms with Crippen molar-refractivity contribution in [2.45, 2.75) is 70.8 Å². The fourth-order valence-corrected chi connectivity index (χ4v) is 6.39. The predicted octanol–water partition coefficient (Wildman–Crippen LogP) is 3.88. The highest BCUT2D eigenvalue weighted by Gasteiger charge is 2.23. The number of anilines is 3. The van der Waals surface area contributed by atoms with E-state index in [1.807, 2.05) is 11.9 Å². The van der Waals surface area contributed by atoms with Crippen molar-refractivity contribution < 1.29 is 57.5 Å². The Morgan fingerprint density at radius 2 is 1.28 bits per heavy atom. The fourth-order valence-electron chi connectivity index (χ4n) is 6.20. The van der Waals surface area contributed by atoms with Gasteiger partial charge in [-0.15, -0.1) is 11.6 Å². The summed E-state index contributed by atoms with van der Waals surface area (Å²) in [6.07, 6.45) is 6.46. The van der Waals surface area contributed by atoms with Gasteiger partial charge in [0, 0.05) is 63.3 Å². The van der Waals surface area contributed by atoms with Crippen LogP contribution in [0.25, 0.3) is 11.2 Å². The first kappa shape index (κ1) is 55.6. The molecule has 0 aliphatic carbocycles. The topological polar surface area (TPSA) is 304 Å². The van der Waals surface area contributed by atoms with E-state index in [4.69, 9.17) is 51.5 Å². The molecule has 0 fully saturated rings. The number of benzene rings is 1. The number of nitrogens with zero attached hydrogens (tertiary/aromatic N) is 5. The molecule has 22 nitrogen and oxygen atoms in total. The van der Waals surface area contributed by atoms with Crippen LogP contribution in [0.2, 0.25) is 0 Å². The van der Waals surface area contributed by atoms with Crippen molar-refractivity contribution in [3.05, 3.63) is 41.7 Å². The molecule has 0 saturated heterocycles. The van der Waals surface area contributed by atoms with Gasteiger partial charge in [0.05, 0.1) is 70.6 Å². The zero-order valence-electron chi connectivity index (χ0n) is 38.3. The number of alkyl halides is 1. The third-order valence-corrected chi connectivity index (χ3v) is 10.1. The first-order valence-corrected chi connectivity index (χ1v) is 23.1. The van der Waals surface area contributed by atoms with Crippen molar-refractivity contribution in [1.82, 2.24) is 35.9 Å². The predicted molar refractivity (Wildman–Crippen MR) is 250 cm³/mol. The van der Waals surface area contributed by atoms with Crippen molar-refractivity contribution in [2.75, 3.05) is 115 Å². The number of nitrogen functional groups attached to an aromatic ring is 2. The molecule has 1 unspecified atom stereocenters. The number of nitrogens with one attached hydrogen (secondary N) is 3. The molecular weight excluding hydrogens is 896 g/mol. The smallest absolute Gasteiger partial charge is 0.407 e. The molecule has 0 spiro atoms. The number of unbranched alkanes of at least 4 members (excludes halogenated alkanes) is 5. The van der Waals surface area contributed by atoms with Gasteiger partial charge in [-0.2, -0.15) is 9.97 Å². The van der Waals surface area contributed by atoms with Crippen molar-refractivity contribution in [3.8, 4) is 0 Å². The van der Waals surface area contributed by atoms with E-state index in [-0.39, 0.29) is 82.4 Å². The average molecular weight is 964 g/mol. The summed E-state index contributed by atoms with van der Waals surface area (Å²) in [4.78, 5) is 79.7. The summed E-state index contributed by atoms with van der Waals surface area (Å²) in [6.45, 7) is 4.57. The van der Waals surface area contributed by atoms with E-state index >= 15 is 0 Å². The maximum absolute atomic E-state index is 13.0. The van der Waals surface area contributed by atoms with Crippen LogP contribution in [0, 0.1) is 5.92 Å². The number of fused-ring (bicyclic) bond motifs is 1. The number of hydrogen-bond donors (Lipinski definition) is 6. The van der Waals surface area contributed by atoms with Crippen molar-refractivity contribution >= 4 is 70.1 Å². The van der Waals surface area contributed by atoms with Gasteiger partial charge in [-0.1, -0.05) is 12.8 Å². The van der Waals surface area contributed by atoms with Crippen LogP contribution in [0.15, 0.2) is 30.5 Å². The Kier molecular flexibility index (Phi) is 28.0. The van der Waals surface area contributed by atoms with Gasteiger partial charge < -0.3 is 65.8 Å². The largest absolute Gasteiger partial charge is 0.481 e. The number of amides is 3. The lowest BCUT2D eigenvalue weighted by Crippen LogP contribution is -2.29. The molecule has 23 heteroatoms. The first-order chi connectivity index (χ1) is 32.5. The Morgan fingerprint density at radius 1 is 0.701 bits per heavy atom. The number of carbonyl (C=O) groups excluding carboxylic acids is 4. The normalized spacial score (nSPS) is 11.5. The lowest BCUT2D eigenvalue weighted by atomic mass is 9.94. The Balaban J connectivity index is 1.12. The molecule has 372 valence electrons. The van der Waals surface area contributed by atoms with E-state index in [0.717, 1.165) is 37.8 Å². The number of carboxylic acids is 1. The van der Waals surface area contributed by atoms with Crippen LogP contribution in [0.5, 0.6) is 0 Å². The monoisotopic (exact) mass is 962 g/mol. The summed E-state index contributed by atoms with van der Waals surface area (Å²) in [5.41, 5.74) is 13.9. The highest BCUT2D eigenvalue weighted by molar-refractivity contribution is 6.17. The number of aliphatic carboxylic acids is 1. The third kappa shape index (κ3) is 24.6. The molecule has 3 aromatic rings. The van der Waals surface area contributed by atoms with Crippen LogP contribution >= 0.6 is 11.6 Å². The molecule has 3 amide bonds. The van der Waals surface area contributed by atoms with Crippen LogP contribution in [-0.2, 0) is 44.6 Å². The minimum Gasteiger partial charge on any atom is -0.481 e. The number of Topliss-reactive ketones (excluding diaryl/α,β-unsaturated/α-hetero) is 1. The Morgan fingerprint density at radius 3 is 1.94 bits per heavy atom. The van der Waals surface area contributed by atoms with Crippen LogP contribution in [0.4, 0.5) is 27.0 Å². The van der Waals surface area contributed by atoms with Gasteiger partial charge in [-0.3, -0.25) is 14.4 Å². The first-order valence-electron chi connectivity index (χ1n) is 22.5. The van der Waals surface area contributed by atoms with Crippen LogP contribution < -0.4 is 32.3 Å².